The number of para-hydroxylation sites is 1. The van der Waals surface area contributed by atoms with Crippen molar-refractivity contribution in [2.75, 3.05) is 23.9 Å². The molecule has 0 unspecified atom stereocenters. The average molecular weight is 540 g/mol. The normalized spacial score (nSPS) is 14.4. The Kier molecular flexibility index (Phi) is 7.76. The van der Waals surface area contributed by atoms with Crippen LogP contribution in [0.25, 0.3) is 6.08 Å². The number of hydrogen-bond acceptors (Lipinski definition) is 6. The number of nitrogens with one attached hydrogen (secondary N) is 2. The molecule has 5 amide bonds. The molecule has 3 aromatic carbocycles. The summed E-state index contributed by atoms with van der Waals surface area (Å²) >= 11 is 11.9. The van der Waals surface area contributed by atoms with Crippen molar-refractivity contribution in [3.63, 3.8) is 0 Å². The summed E-state index contributed by atoms with van der Waals surface area (Å²) < 4.78 is 10.9. The third-order valence-electron chi connectivity index (χ3n) is 5.18. The molecule has 0 spiro atoms. The van der Waals surface area contributed by atoms with Crippen molar-refractivity contribution in [3.05, 3.63) is 87.9 Å². The van der Waals surface area contributed by atoms with Crippen molar-refractivity contribution in [2.24, 2.45) is 0 Å². The van der Waals surface area contributed by atoms with E-state index in [0.29, 0.717) is 11.3 Å². The summed E-state index contributed by atoms with van der Waals surface area (Å²) in [6, 6.07) is 16.9. The quantitative estimate of drug-likeness (QED) is 0.332. The summed E-state index contributed by atoms with van der Waals surface area (Å²) in [7, 11) is 1.41. The van der Waals surface area contributed by atoms with Gasteiger partial charge in [-0.3, -0.25) is 19.7 Å². The highest BCUT2D eigenvalue weighted by Crippen LogP contribution is 2.31. The Labute approximate surface area is 221 Å². The van der Waals surface area contributed by atoms with Gasteiger partial charge in [0, 0.05) is 5.69 Å². The van der Waals surface area contributed by atoms with Gasteiger partial charge >= 0.3 is 6.03 Å². The monoisotopic (exact) mass is 539 g/mol. The second kappa shape index (κ2) is 11.2. The predicted molar refractivity (Wildman–Crippen MR) is 139 cm³/mol. The van der Waals surface area contributed by atoms with Crippen LogP contribution in [0, 0.1) is 0 Å². The lowest BCUT2D eigenvalue weighted by Gasteiger charge is -2.26. The number of methoxy groups -OCH3 is 1. The minimum absolute atomic E-state index is 0.139. The number of halogens is 2. The van der Waals surface area contributed by atoms with Crippen LogP contribution >= 0.6 is 23.2 Å². The molecule has 0 aliphatic carbocycles. The second-order valence-electron chi connectivity index (χ2n) is 7.67. The molecule has 0 bridgehead atoms. The first-order valence-electron chi connectivity index (χ1n) is 10.8. The van der Waals surface area contributed by atoms with Gasteiger partial charge in [-0.25, -0.2) is 9.69 Å². The van der Waals surface area contributed by atoms with Gasteiger partial charge in [-0.05, 0) is 54.1 Å². The molecule has 1 saturated heterocycles. The zero-order chi connectivity index (χ0) is 26.5. The Balaban J connectivity index is 1.53. The maximum absolute atomic E-state index is 13.1. The maximum Gasteiger partial charge on any atom is 0.335 e. The first-order valence-corrected chi connectivity index (χ1v) is 11.5. The minimum Gasteiger partial charge on any atom is -0.493 e. The fraction of sp³-hybridized carbons (Fsp3) is 0.0769. The number of hydrogen-bond donors (Lipinski definition) is 2. The lowest BCUT2D eigenvalue weighted by molar-refractivity contribution is -0.122. The molecule has 1 fully saturated rings. The number of carbonyl (C=O) groups is 4. The van der Waals surface area contributed by atoms with Gasteiger partial charge in [0.05, 0.1) is 22.8 Å². The van der Waals surface area contributed by atoms with E-state index in [9.17, 15) is 19.2 Å². The Morgan fingerprint density at radius 2 is 1.73 bits per heavy atom. The molecular formula is C26H19Cl2N3O6. The van der Waals surface area contributed by atoms with E-state index in [-0.39, 0.29) is 45.3 Å². The minimum atomic E-state index is -0.916. The predicted octanol–water partition coefficient (Wildman–Crippen LogP) is 4.69. The number of imide groups is 2. The second-order valence-corrected chi connectivity index (χ2v) is 8.48. The Bertz CT molecular complexity index is 1430. The smallest absolute Gasteiger partial charge is 0.335 e. The number of urea groups is 1. The Morgan fingerprint density at radius 1 is 0.973 bits per heavy atom. The van der Waals surface area contributed by atoms with Crippen molar-refractivity contribution >= 4 is 64.4 Å². The van der Waals surface area contributed by atoms with E-state index in [2.05, 4.69) is 10.6 Å². The molecule has 2 N–H and O–H groups in total. The largest absolute Gasteiger partial charge is 0.493 e. The van der Waals surface area contributed by atoms with Gasteiger partial charge in [0.1, 0.15) is 5.57 Å². The highest BCUT2D eigenvalue weighted by atomic mass is 35.5. The van der Waals surface area contributed by atoms with Crippen LogP contribution in [0.5, 0.6) is 11.5 Å². The molecule has 3 aromatic rings. The molecule has 0 radical (unpaired) electrons. The number of barbiturate groups is 1. The van der Waals surface area contributed by atoms with E-state index >= 15 is 0 Å². The average Bonchev–Trinajstić information content (AvgIpc) is 2.88. The molecule has 37 heavy (non-hydrogen) atoms. The summed E-state index contributed by atoms with van der Waals surface area (Å²) in [6.45, 7) is -0.271. The number of benzene rings is 3. The van der Waals surface area contributed by atoms with Crippen LogP contribution < -0.4 is 25.0 Å². The zero-order valence-electron chi connectivity index (χ0n) is 19.3. The number of anilines is 2. The Morgan fingerprint density at radius 3 is 2.43 bits per heavy atom. The zero-order valence-corrected chi connectivity index (χ0v) is 20.8. The SMILES string of the molecule is COc1cc(/C=C2\C(=O)NC(=O)N(c3ccc(Cl)c(Cl)c3)C2=O)ccc1OCC(=O)Nc1ccccc1. The van der Waals surface area contributed by atoms with Crippen LogP contribution in [0.2, 0.25) is 10.0 Å². The van der Waals surface area contributed by atoms with Gasteiger partial charge in [0.15, 0.2) is 18.1 Å². The van der Waals surface area contributed by atoms with E-state index in [1.807, 2.05) is 6.07 Å². The lowest BCUT2D eigenvalue weighted by Crippen LogP contribution is -2.54. The standard InChI is InChI=1S/C26H19Cl2N3O6/c1-36-22-12-15(7-10-21(22)37-14-23(32)29-16-5-3-2-4-6-16)11-18-24(33)30-26(35)31(25(18)34)17-8-9-19(27)20(28)13-17/h2-13H,14H2,1H3,(H,29,32)(H,30,33,35)/b18-11+. The maximum atomic E-state index is 13.1. The van der Waals surface area contributed by atoms with Gasteiger partial charge in [0.2, 0.25) is 0 Å². The van der Waals surface area contributed by atoms with Crippen molar-refractivity contribution in [1.82, 2.24) is 5.32 Å². The fourth-order valence-corrected chi connectivity index (χ4v) is 3.73. The molecule has 1 aliphatic rings. The van der Waals surface area contributed by atoms with Gasteiger partial charge in [-0.2, -0.15) is 0 Å². The molecular weight excluding hydrogens is 521 g/mol. The van der Waals surface area contributed by atoms with Gasteiger partial charge in [0.25, 0.3) is 17.7 Å². The van der Waals surface area contributed by atoms with Gasteiger partial charge in [-0.15, -0.1) is 0 Å². The van der Waals surface area contributed by atoms with E-state index in [4.69, 9.17) is 32.7 Å². The van der Waals surface area contributed by atoms with Crippen molar-refractivity contribution in [2.45, 2.75) is 0 Å². The van der Waals surface area contributed by atoms with Crippen LogP contribution in [0.15, 0.2) is 72.3 Å². The van der Waals surface area contributed by atoms with Gasteiger partial charge in [-0.1, -0.05) is 47.5 Å². The van der Waals surface area contributed by atoms with Gasteiger partial charge < -0.3 is 14.8 Å². The highest BCUT2D eigenvalue weighted by Gasteiger charge is 2.37. The summed E-state index contributed by atoms with van der Waals surface area (Å²) in [4.78, 5) is 50.9. The Hall–Kier alpha value is -4.34. The van der Waals surface area contributed by atoms with E-state index in [1.54, 1.807) is 30.3 Å². The number of amides is 5. The molecule has 9 nitrogen and oxygen atoms in total. The van der Waals surface area contributed by atoms with Crippen molar-refractivity contribution in [3.8, 4) is 11.5 Å². The van der Waals surface area contributed by atoms with E-state index < -0.39 is 17.8 Å². The summed E-state index contributed by atoms with van der Waals surface area (Å²) in [5.41, 5.74) is 0.905. The van der Waals surface area contributed by atoms with Crippen LogP contribution in [0.1, 0.15) is 5.56 Å². The van der Waals surface area contributed by atoms with Crippen molar-refractivity contribution < 1.29 is 28.7 Å². The first kappa shape index (κ1) is 25.7. The molecule has 1 aliphatic heterocycles. The number of ether oxygens (including phenoxy) is 2. The fourth-order valence-electron chi connectivity index (χ4n) is 3.44. The highest BCUT2D eigenvalue weighted by molar-refractivity contribution is 6.43. The molecule has 1 heterocycles. The molecule has 4 rings (SSSR count). The van der Waals surface area contributed by atoms with E-state index in [0.717, 1.165) is 4.90 Å². The first-order chi connectivity index (χ1) is 17.8. The molecule has 0 aromatic heterocycles. The molecule has 188 valence electrons. The summed E-state index contributed by atoms with van der Waals surface area (Å²) in [6.07, 6.45) is 1.31. The van der Waals surface area contributed by atoms with Crippen LogP contribution in [0.3, 0.4) is 0 Å². The van der Waals surface area contributed by atoms with Crippen LogP contribution in [-0.4, -0.2) is 37.5 Å². The number of nitrogens with zero attached hydrogens (tertiary/aromatic N) is 1. The summed E-state index contributed by atoms with van der Waals surface area (Å²) in [5.74, 6) is -1.52. The number of carbonyl (C=O) groups excluding carboxylic acids is 4. The molecule has 0 atom stereocenters. The number of rotatable bonds is 7. The summed E-state index contributed by atoms with van der Waals surface area (Å²) in [5, 5.41) is 5.23. The van der Waals surface area contributed by atoms with Crippen LogP contribution in [-0.2, 0) is 14.4 Å². The lowest BCUT2D eigenvalue weighted by atomic mass is 10.1. The molecule has 0 saturated carbocycles. The molecule has 11 heteroatoms. The third-order valence-corrected chi connectivity index (χ3v) is 5.92. The van der Waals surface area contributed by atoms with Crippen molar-refractivity contribution in [1.29, 1.82) is 0 Å². The van der Waals surface area contributed by atoms with E-state index in [1.165, 1.54) is 43.5 Å². The van der Waals surface area contributed by atoms with Crippen LogP contribution in [0.4, 0.5) is 16.2 Å². The third kappa shape index (κ3) is 5.91. The topological polar surface area (TPSA) is 114 Å².